The average Bonchev–Trinajstić information content (AvgIpc) is 3.59. The van der Waals surface area contributed by atoms with Crippen LogP contribution >= 0.6 is 0 Å². The van der Waals surface area contributed by atoms with Gasteiger partial charge in [-0.15, -0.1) is 0 Å². The minimum absolute atomic E-state index is 0.0759. The number of rotatable bonds is 4. The smallest absolute Gasteiger partial charge is 0.164 e. The molecule has 0 spiro atoms. The predicted octanol–water partition coefficient (Wildman–Crippen LogP) is 10.7. The van der Waals surface area contributed by atoms with Gasteiger partial charge in [0.25, 0.3) is 0 Å². The van der Waals surface area contributed by atoms with Crippen molar-refractivity contribution < 1.29 is 4.42 Å². The lowest BCUT2D eigenvalue weighted by Crippen LogP contribution is -2.14. The second-order valence-electron chi connectivity index (χ2n) is 12.5. The van der Waals surface area contributed by atoms with Crippen LogP contribution in [0.5, 0.6) is 0 Å². The van der Waals surface area contributed by atoms with Crippen molar-refractivity contribution in [2.45, 2.75) is 19.3 Å². The van der Waals surface area contributed by atoms with Crippen molar-refractivity contribution in [2.75, 3.05) is 0 Å². The van der Waals surface area contributed by atoms with Crippen molar-refractivity contribution in [3.63, 3.8) is 0 Å². The van der Waals surface area contributed by atoms with E-state index < -0.39 is 0 Å². The molecule has 0 atom stereocenters. The van der Waals surface area contributed by atoms with Gasteiger partial charge in [-0.2, -0.15) is 0 Å². The SMILES string of the molecule is CC1(C)c2ccccc2-c2cc3c(cc21)oc1c(-c2ccc(-c4nc(-c5ccccc5)nc(-c5ccccc5)n4)cc2)cccc13. The molecule has 0 amide bonds. The molecule has 1 aliphatic rings. The van der Waals surface area contributed by atoms with Gasteiger partial charge in [-0.05, 0) is 39.9 Å². The monoisotopic (exact) mass is 591 g/mol. The van der Waals surface area contributed by atoms with Crippen LogP contribution in [-0.4, -0.2) is 15.0 Å². The molecule has 0 fully saturated rings. The summed E-state index contributed by atoms with van der Waals surface area (Å²) < 4.78 is 6.67. The minimum Gasteiger partial charge on any atom is -0.455 e. The number of fused-ring (bicyclic) bond motifs is 6. The predicted molar refractivity (Wildman–Crippen MR) is 186 cm³/mol. The molecule has 0 saturated heterocycles. The minimum atomic E-state index is -0.0759. The second-order valence-corrected chi connectivity index (χ2v) is 12.5. The van der Waals surface area contributed by atoms with Gasteiger partial charge in [-0.25, -0.2) is 15.0 Å². The van der Waals surface area contributed by atoms with Crippen molar-refractivity contribution in [2.24, 2.45) is 0 Å². The van der Waals surface area contributed by atoms with Crippen molar-refractivity contribution >= 4 is 21.9 Å². The summed E-state index contributed by atoms with van der Waals surface area (Å²) in [6, 6.07) is 48.3. The van der Waals surface area contributed by atoms with Crippen LogP contribution in [0.1, 0.15) is 25.0 Å². The van der Waals surface area contributed by atoms with Crippen LogP contribution in [0.25, 0.3) is 78.4 Å². The van der Waals surface area contributed by atoms with Crippen LogP contribution in [0.2, 0.25) is 0 Å². The van der Waals surface area contributed by atoms with Gasteiger partial charge in [0.1, 0.15) is 11.2 Å². The highest BCUT2D eigenvalue weighted by atomic mass is 16.3. The summed E-state index contributed by atoms with van der Waals surface area (Å²) in [6.07, 6.45) is 0. The third-order valence-corrected chi connectivity index (χ3v) is 9.35. The summed E-state index contributed by atoms with van der Waals surface area (Å²) in [7, 11) is 0. The zero-order valence-corrected chi connectivity index (χ0v) is 25.5. The molecular formula is C42H29N3O. The Hall–Kier alpha value is -5.87. The van der Waals surface area contributed by atoms with E-state index in [1.54, 1.807) is 0 Å². The van der Waals surface area contributed by atoms with E-state index in [0.717, 1.165) is 49.8 Å². The largest absolute Gasteiger partial charge is 0.455 e. The molecule has 0 radical (unpaired) electrons. The topological polar surface area (TPSA) is 51.8 Å². The van der Waals surface area contributed by atoms with Gasteiger partial charge in [-0.1, -0.05) is 141 Å². The third-order valence-electron chi connectivity index (χ3n) is 9.35. The zero-order chi connectivity index (χ0) is 30.8. The van der Waals surface area contributed by atoms with Crippen molar-refractivity contribution in [3.05, 3.63) is 151 Å². The molecule has 8 aromatic rings. The fourth-order valence-corrected chi connectivity index (χ4v) is 6.96. The second kappa shape index (κ2) is 10.1. The molecule has 2 heterocycles. The maximum absolute atomic E-state index is 6.67. The summed E-state index contributed by atoms with van der Waals surface area (Å²) >= 11 is 0. The van der Waals surface area contributed by atoms with E-state index in [1.165, 1.54) is 22.3 Å². The highest BCUT2D eigenvalue weighted by Gasteiger charge is 2.36. The Morgan fingerprint density at radius 3 is 1.63 bits per heavy atom. The van der Waals surface area contributed by atoms with E-state index in [9.17, 15) is 0 Å². The van der Waals surface area contributed by atoms with Crippen LogP contribution in [0, 0.1) is 0 Å². The molecule has 6 aromatic carbocycles. The molecule has 0 aliphatic heterocycles. The summed E-state index contributed by atoms with van der Waals surface area (Å²) in [5.41, 5.74) is 12.0. The average molecular weight is 592 g/mol. The number of aromatic nitrogens is 3. The van der Waals surface area contributed by atoms with Crippen molar-refractivity contribution in [1.29, 1.82) is 0 Å². The zero-order valence-electron chi connectivity index (χ0n) is 25.5. The number of nitrogens with zero attached hydrogens (tertiary/aromatic N) is 3. The molecule has 4 heteroatoms. The van der Waals surface area contributed by atoms with Gasteiger partial charge in [0, 0.05) is 38.4 Å². The van der Waals surface area contributed by atoms with Crippen LogP contribution < -0.4 is 0 Å². The Balaban J connectivity index is 1.14. The lowest BCUT2D eigenvalue weighted by molar-refractivity contribution is 0.648. The van der Waals surface area contributed by atoms with E-state index >= 15 is 0 Å². The molecule has 0 bridgehead atoms. The molecule has 46 heavy (non-hydrogen) atoms. The Morgan fingerprint density at radius 1 is 0.435 bits per heavy atom. The van der Waals surface area contributed by atoms with Crippen LogP contribution in [0.15, 0.2) is 144 Å². The highest BCUT2D eigenvalue weighted by Crippen LogP contribution is 2.51. The quantitative estimate of drug-likeness (QED) is 0.204. The van der Waals surface area contributed by atoms with E-state index in [2.05, 4.69) is 92.7 Å². The lowest BCUT2D eigenvalue weighted by Gasteiger charge is -2.21. The Bertz CT molecular complexity index is 2370. The molecule has 0 saturated carbocycles. The normalized spacial score (nSPS) is 13.2. The number of hydrogen-bond acceptors (Lipinski definition) is 4. The van der Waals surface area contributed by atoms with Crippen LogP contribution in [-0.2, 0) is 5.41 Å². The summed E-state index contributed by atoms with van der Waals surface area (Å²) in [5, 5.41) is 2.27. The van der Waals surface area contributed by atoms with Crippen LogP contribution in [0.3, 0.4) is 0 Å². The fraction of sp³-hybridized carbons (Fsp3) is 0.0714. The number of para-hydroxylation sites is 1. The standard InChI is InChI=1S/C42H29N3O/c1-42(2)35-19-10-9-16-31(35)33-24-34-32-18-11-17-30(38(32)46-37(34)25-36(33)42)26-20-22-29(23-21-26)41-44-39(27-12-5-3-6-13-27)43-40(45-41)28-14-7-4-8-15-28/h3-25H,1-2H3. The van der Waals surface area contributed by atoms with E-state index in [4.69, 9.17) is 19.4 Å². The maximum Gasteiger partial charge on any atom is 0.164 e. The number of furan rings is 1. The van der Waals surface area contributed by atoms with Gasteiger partial charge in [0.15, 0.2) is 17.5 Å². The molecule has 0 N–H and O–H groups in total. The summed E-state index contributed by atoms with van der Waals surface area (Å²) in [5.74, 6) is 1.94. The summed E-state index contributed by atoms with van der Waals surface area (Å²) in [4.78, 5) is 14.6. The third kappa shape index (κ3) is 4.11. The maximum atomic E-state index is 6.67. The molecule has 0 unspecified atom stereocenters. The molecule has 2 aromatic heterocycles. The van der Waals surface area contributed by atoms with Crippen molar-refractivity contribution in [3.8, 4) is 56.4 Å². The van der Waals surface area contributed by atoms with E-state index in [-0.39, 0.29) is 5.41 Å². The van der Waals surface area contributed by atoms with Crippen LogP contribution in [0.4, 0.5) is 0 Å². The van der Waals surface area contributed by atoms with Crippen molar-refractivity contribution in [1.82, 2.24) is 15.0 Å². The van der Waals surface area contributed by atoms with E-state index in [0.29, 0.717) is 17.5 Å². The molecule has 1 aliphatic carbocycles. The van der Waals surface area contributed by atoms with Gasteiger partial charge in [0.2, 0.25) is 0 Å². The van der Waals surface area contributed by atoms with Gasteiger partial charge >= 0.3 is 0 Å². The molecule has 9 rings (SSSR count). The summed E-state index contributed by atoms with van der Waals surface area (Å²) in [6.45, 7) is 4.61. The molecule has 218 valence electrons. The van der Waals surface area contributed by atoms with Gasteiger partial charge in [0.05, 0.1) is 0 Å². The first kappa shape index (κ1) is 26.5. The fourth-order valence-electron chi connectivity index (χ4n) is 6.96. The molecular weight excluding hydrogens is 562 g/mol. The lowest BCUT2D eigenvalue weighted by atomic mass is 9.82. The molecule has 4 nitrogen and oxygen atoms in total. The van der Waals surface area contributed by atoms with Gasteiger partial charge < -0.3 is 4.42 Å². The van der Waals surface area contributed by atoms with E-state index in [1.807, 2.05) is 60.7 Å². The first-order valence-electron chi connectivity index (χ1n) is 15.6. The Kier molecular flexibility index (Phi) is 5.81. The van der Waals surface area contributed by atoms with Gasteiger partial charge in [-0.3, -0.25) is 0 Å². The highest BCUT2D eigenvalue weighted by molar-refractivity contribution is 6.11. The Labute approximate surface area is 267 Å². The first-order valence-corrected chi connectivity index (χ1v) is 15.6. The number of benzene rings is 6. The number of hydrogen-bond donors (Lipinski definition) is 0. The Morgan fingerprint density at radius 2 is 0.978 bits per heavy atom. The first-order chi connectivity index (χ1) is 22.5.